The van der Waals surface area contributed by atoms with Crippen LogP contribution in [-0.2, 0) is 30.4 Å². The van der Waals surface area contributed by atoms with Crippen LogP contribution in [0.1, 0.15) is 213 Å². The molecule has 0 radical (unpaired) electrons. The molecule has 0 fully saturated rings. The largest absolute Gasteiger partial charge is 3.00 e. The molecular formula is C36H75GaO9S3. The van der Waals surface area contributed by atoms with Crippen LogP contribution in [-0.4, -0.2) is 76.0 Å². The van der Waals surface area contributed by atoms with Crippen LogP contribution in [0, 0.1) is 0 Å². The Balaban J connectivity index is -0.000000307. The molecule has 0 aliphatic carbocycles. The van der Waals surface area contributed by atoms with E-state index in [-0.39, 0.29) is 37.0 Å². The fourth-order valence-corrected chi connectivity index (χ4v) is 6.97. The van der Waals surface area contributed by atoms with Gasteiger partial charge in [0.2, 0.25) is 0 Å². The van der Waals surface area contributed by atoms with Gasteiger partial charge in [0.15, 0.2) is 0 Å². The molecule has 0 atom stereocenters. The molecular weight excluding hydrogens is 742 g/mol. The third-order valence-corrected chi connectivity index (χ3v) is 10.6. The molecule has 0 rings (SSSR count). The predicted molar refractivity (Wildman–Crippen MR) is 205 cm³/mol. The van der Waals surface area contributed by atoms with Crippen LogP contribution in [0.2, 0.25) is 0 Å². The molecule has 0 saturated heterocycles. The summed E-state index contributed by atoms with van der Waals surface area (Å²) in [7, 11) is -11.9. The monoisotopic (exact) mass is 816 g/mol. The normalized spacial score (nSPS) is 11.6. The molecule has 0 saturated carbocycles. The number of unbranched alkanes of at least 4 members (excludes halogenated alkanes) is 27. The van der Waals surface area contributed by atoms with Crippen LogP contribution in [0.15, 0.2) is 0 Å². The van der Waals surface area contributed by atoms with E-state index in [4.69, 9.17) is 0 Å². The van der Waals surface area contributed by atoms with Gasteiger partial charge >= 0.3 is 19.8 Å². The van der Waals surface area contributed by atoms with Crippen molar-refractivity contribution in [2.24, 2.45) is 0 Å². The van der Waals surface area contributed by atoms with Gasteiger partial charge in [-0.3, -0.25) is 0 Å². The first-order valence-electron chi connectivity index (χ1n) is 19.5. The van der Waals surface area contributed by atoms with Crippen LogP contribution < -0.4 is 0 Å². The van der Waals surface area contributed by atoms with Crippen molar-refractivity contribution in [3.63, 3.8) is 0 Å². The van der Waals surface area contributed by atoms with E-state index in [2.05, 4.69) is 20.8 Å². The molecule has 0 bridgehead atoms. The Labute approximate surface area is 318 Å². The molecule has 0 spiro atoms. The Morgan fingerprint density at radius 2 is 0.388 bits per heavy atom. The molecule has 0 amide bonds. The van der Waals surface area contributed by atoms with Crippen molar-refractivity contribution in [3.05, 3.63) is 0 Å². The maximum atomic E-state index is 10.3. The van der Waals surface area contributed by atoms with Gasteiger partial charge in [0.1, 0.15) is 0 Å². The Kier molecular flexibility index (Phi) is 47.1. The summed E-state index contributed by atoms with van der Waals surface area (Å²) < 4.78 is 92.8. The Morgan fingerprint density at radius 3 is 0.510 bits per heavy atom. The summed E-state index contributed by atoms with van der Waals surface area (Å²) in [6, 6.07) is 0. The zero-order valence-electron chi connectivity index (χ0n) is 31.8. The van der Waals surface area contributed by atoms with Gasteiger partial charge < -0.3 is 13.7 Å². The topological polar surface area (TPSA) is 172 Å². The van der Waals surface area contributed by atoms with Gasteiger partial charge in [-0.05, 0) is 19.3 Å². The van der Waals surface area contributed by atoms with Crippen molar-refractivity contribution < 1.29 is 38.9 Å². The molecule has 49 heavy (non-hydrogen) atoms. The molecule has 0 aliphatic rings. The van der Waals surface area contributed by atoms with Crippen LogP contribution in [0.4, 0.5) is 0 Å². The maximum absolute atomic E-state index is 10.3. The summed E-state index contributed by atoms with van der Waals surface area (Å²) in [6.07, 6.45) is 34.3. The maximum Gasteiger partial charge on any atom is 3.00 e. The fourth-order valence-electron chi connectivity index (χ4n) is 5.30. The first kappa shape index (κ1) is 56.1. The van der Waals surface area contributed by atoms with Gasteiger partial charge in [0.25, 0.3) is 0 Å². The van der Waals surface area contributed by atoms with E-state index < -0.39 is 30.4 Å². The zero-order chi connectivity index (χ0) is 36.8. The molecule has 0 heterocycles. The van der Waals surface area contributed by atoms with E-state index >= 15 is 0 Å². The van der Waals surface area contributed by atoms with E-state index in [9.17, 15) is 38.9 Å². The fraction of sp³-hybridized carbons (Fsp3) is 1.00. The van der Waals surface area contributed by atoms with Crippen molar-refractivity contribution >= 4 is 50.1 Å². The standard InChI is InChI=1S/3C12H26O3S.Ga/c3*1-2-3-4-5-6-7-8-9-10-11-12-16(13,14)15;/h3*2-12H2,1H3,(H,13,14,15);/q;;;+3/p-3. The third kappa shape index (κ3) is 67.1. The van der Waals surface area contributed by atoms with Crippen molar-refractivity contribution in [1.29, 1.82) is 0 Å². The molecule has 0 N–H and O–H groups in total. The average molecular weight is 818 g/mol. The van der Waals surface area contributed by atoms with Crippen LogP contribution >= 0.6 is 0 Å². The minimum absolute atomic E-state index is 0. The molecule has 0 unspecified atom stereocenters. The average Bonchev–Trinajstić information content (AvgIpc) is 2.99. The van der Waals surface area contributed by atoms with Gasteiger partial charge in [-0.25, -0.2) is 25.3 Å². The second-order valence-corrected chi connectivity index (χ2v) is 17.9. The van der Waals surface area contributed by atoms with Gasteiger partial charge in [-0.2, -0.15) is 0 Å². The van der Waals surface area contributed by atoms with Crippen molar-refractivity contribution in [2.45, 2.75) is 213 Å². The molecule has 0 aromatic carbocycles. The van der Waals surface area contributed by atoms with Crippen molar-refractivity contribution in [2.75, 3.05) is 17.3 Å². The predicted octanol–water partition coefficient (Wildman–Crippen LogP) is 9.98. The second-order valence-electron chi connectivity index (χ2n) is 13.3. The van der Waals surface area contributed by atoms with Gasteiger partial charge in [-0.1, -0.05) is 194 Å². The van der Waals surface area contributed by atoms with E-state index in [0.29, 0.717) is 19.3 Å². The Bertz CT molecular complexity index is 835. The van der Waals surface area contributed by atoms with Crippen LogP contribution in [0.3, 0.4) is 0 Å². The van der Waals surface area contributed by atoms with Gasteiger partial charge in [0.05, 0.1) is 30.4 Å². The van der Waals surface area contributed by atoms with E-state index in [1.54, 1.807) is 0 Å². The third-order valence-electron chi connectivity index (χ3n) is 8.24. The summed E-state index contributed by atoms with van der Waals surface area (Å²) in [4.78, 5) is 0. The number of rotatable bonds is 33. The summed E-state index contributed by atoms with van der Waals surface area (Å²) >= 11 is 0. The van der Waals surface area contributed by atoms with Gasteiger partial charge in [-0.15, -0.1) is 0 Å². The molecule has 0 aromatic rings. The minimum atomic E-state index is -3.98. The van der Waals surface area contributed by atoms with E-state index in [0.717, 1.165) is 38.5 Å². The van der Waals surface area contributed by atoms with Crippen molar-refractivity contribution in [1.82, 2.24) is 0 Å². The quantitative estimate of drug-likeness (QED) is 0.0355. The number of hydrogen-bond acceptors (Lipinski definition) is 9. The van der Waals surface area contributed by atoms with Crippen LogP contribution in [0.5, 0.6) is 0 Å². The molecule has 294 valence electrons. The summed E-state index contributed by atoms with van der Waals surface area (Å²) in [5.74, 6) is -0.573. The Morgan fingerprint density at radius 1 is 0.265 bits per heavy atom. The molecule has 13 heteroatoms. The molecule has 9 nitrogen and oxygen atoms in total. The summed E-state index contributed by atoms with van der Waals surface area (Å²) in [6.45, 7) is 6.64. The second kappa shape index (κ2) is 41.1. The van der Waals surface area contributed by atoms with Crippen molar-refractivity contribution in [3.8, 4) is 0 Å². The van der Waals surface area contributed by atoms with E-state index in [1.807, 2.05) is 0 Å². The molecule has 0 aliphatic heterocycles. The SMILES string of the molecule is CCCCCCCCCCCCS(=O)(=O)[O-].CCCCCCCCCCCCS(=O)(=O)[O-].CCCCCCCCCCCCS(=O)(=O)[O-].[Ga+3]. The van der Waals surface area contributed by atoms with E-state index in [1.165, 1.54) is 135 Å². The van der Waals surface area contributed by atoms with Gasteiger partial charge in [0, 0.05) is 17.3 Å². The first-order chi connectivity index (χ1) is 22.7. The van der Waals surface area contributed by atoms with Crippen LogP contribution in [0.25, 0.3) is 0 Å². The smallest absolute Gasteiger partial charge is 0.748 e. The first-order valence-corrected chi connectivity index (χ1v) is 24.2. The zero-order valence-corrected chi connectivity index (χ0v) is 36.7. The summed E-state index contributed by atoms with van der Waals surface area (Å²) in [5.41, 5.74) is 0. The Hall–Kier alpha value is 0.366. The molecule has 0 aromatic heterocycles. The summed E-state index contributed by atoms with van der Waals surface area (Å²) in [5, 5.41) is 0. The number of hydrogen-bond donors (Lipinski definition) is 0. The minimum Gasteiger partial charge on any atom is -0.748 e.